The number of hydrogen-bond donors (Lipinski definition) is 0. The number of benzene rings is 8. The average Bonchev–Trinajstić information content (AvgIpc) is 3.88. The first-order valence-corrected chi connectivity index (χ1v) is 20.9. The van der Waals surface area contributed by atoms with E-state index in [1.807, 2.05) is 41.7 Å². The Hall–Kier alpha value is -7.80. The van der Waals surface area contributed by atoms with E-state index >= 15 is 0 Å². The lowest BCUT2D eigenvalue weighted by Gasteiger charge is -2.12. The molecule has 0 N–H and O–H groups in total. The van der Waals surface area contributed by atoms with Crippen molar-refractivity contribution in [2.24, 2.45) is 0 Å². The molecule has 0 fully saturated rings. The molecule has 0 amide bonds. The first kappa shape index (κ1) is 34.3. The van der Waals surface area contributed by atoms with Crippen molar-refractivity contribution in [3.63, 3.8) is 0 Å². The zero-order valence-corrected chi connectivity index (χ0v) is 33.0. The van der Waals surface area contributed by atoms with Gasteiger partial charge < -0.3 is 4.57 Å². The molecule has 4 heterocycles. The fourth-order valence-corrected chi connectivity index (χ4v) is 9.85. The van der Waals surface area contributed by atoms with Crippen LogP contribution in [-0.2, 0) is 0 Å². The third-order valence-corrected chi connectivity index (χ3v) is 12.6. The van der Waals surface area contributed by atoms with Crippen LogP contribution in [0.5, 0.6) is 0 Å². The normalized spacial score (nSPS) is 11.7. The lowest BCUT2D eigenvalue weighted by Crippen LogP contribution is -2.00. The van der Waals surface area contributed by atoms with Crippen LogP contribution in [0.1, 0.15) is 0 Å². The Morgan fingerprint density at radius 3 is 1.55 bits per heavy atom. The second-order valence-electron chi connectivity index (χ2n) is 15.0. The molecular weight excluding hydrogens is 751 g/mol. The van der Waals surface area contributed by atoms with Gasteiger partial charge in [-0.2, -0.15) is 0 Å². The van der Waals surface area contributed by atoms with Gasteiger partial charge in [0.1, 0.15) is 0 Å². The number of fused-ring (bicyclic) bond motifs is 8. The van der Waals surface area contributed by atoms with Gasteiger partial charge in [0.2, 0.25) is 0 Å². The van der Waals surface area contributed by atoms with Gasteiger partial charge >= 0.3 is 0 Å². The lowest BCUT2D eigenvalue weighted by atomic mass is 9.97. The van der Waals surface area contributed by atoms with Crippen LogP contribution in [0.25, 0.3) is 115 Å². The van der Waals surface area contributed by atoms with Gasteiger partial charge in [0, 0.05) is 64.3 Å². The first-order chi connectivity index (χ1) is 29.7. The molecule has 0 aliphatic heterocycles. The fraction of sp³-hybridized carbons (Fsp3) is 0. The van der Waals surface area contributed by atoms with Crippen molar-refractivity contribution in [2.75, 3.05) is 0 Å². The summed E-state index contributed by atoms with van der Waals surface area (Å²) in [6.07, 6.45) is 0. The molecule has 0 aliphatic carbocycles. The molecule has 0 spiro atoms. The van der Waals surface area contributed by atoms with E-state index in [1.165, 1.54) is 47.4 Å². The second-order valence-corrected chi connectivity index (χ2v) is 16.1. The molecule has 4 aromatic heterocycles. The standard InChI is InChI=1S/C54H33N5S/c1-2-14-34(15-3-1)52-56-53(35-28-30-40(31-29-35)59-46-25-9-5-20-41(46)42-21-6-10-26-47(42)59)58-54(57-52)39-19-13-17-37(33-39)36-16-12-18-38(32-36)50-49-44-23-7-11-27-48(44)60-51(49)43-22-4-8-24-45(43)55-50/h1-33H. The molecular formula is C54H33N5S. The highest BCUT2D eigenvalue weighted by Crippen LogP contribution is 2.43. The third kappa shape index (κ3) is 5.69. The third-order valence-electron chi connectivity index (χ3n) is 11.4. The van der Waals surface area contributed by atoms with E-state index < -0.39 is 0 Å². The lowest BCUT2D eigenvalue weighted by molar-refractivity contribution is 1.07. The average molecular weight is 784 g/mol. The Morgan fingerprint density at radius 1 is 0.350 bits per heavy atom. The molecule has 0 atom stereocenters. The van der Waals surface area contributed by atoms with E-state index in [-0.39, 0.29) is 0 Å². The van der Waals surface area contributed by atoms with Crippen molar-refractivity contribution in [3.05, 3.63) is 200 Å². The topological polar surface area (TPSA) is 56.5 Å². The summed E-state index contributed by atoms with van der Waals surface area (Å²) in [7, 11) is 0. The van der Waals surface area contributed by atoms with E-state index in [0.29, 0.717) is 17.5 Å². The number of para-hydroxylation sites is 3. The van der Waals surface area contributed by atoms with Gasteiger partial charge in [0.05, 0.1) is 22.2 Å². The van der Waals surface area contributed by atoms with Crippen molar-refractivity contribution in [1.82, 2.24) is 24.5 Å². The van der Waals surface area contributed by atoms with Crippen molar-refractivity contribution < 1.29 is 0 Å². The molecule has 6 heteroatoms. The van der Waals surface area contributed by atoms with Crippen LogP contribution in [0.2, 0.25) is 0 Å². The largest absolute Gasteiger partial charge is 0.309 e. The Labute approximate surface area is 349 Å². The van der Waals surface area contributed by atoms with E-state index in [2.05, 4.69) is 174 Å². The number of nitrogens with zero attached hydrogens (tertiary/aromatic N) is 5. The molecule has 8 aromatic carbocycles. The molecule has 0 saturated carbocycles. The summed E-state index contributed by atoms with van der Waals surface area (Å²) in [6, 6.07) is 70.2. The van der Waals surface area contributed by atoms with Gasteiger partial charge in [-0.3, -0.25) is 0 Å². The minimum atomic E-state index is 0.617. The van der Waals surface area contributed by atoms with Gasteiger partial charge in [0.25, 0.3) is 0 Å². The monoisotopic (exact) mass is 783 g/mol. The predicted molar refractivity (Wildman–Crippen MR) is 250 cm³/mol. The summed E-state index contributed by atoms with van der Waals surface area (Å²) in [6.45, 7) is 0. The number of hydrogen-bond acceptors (Lipinski definition) is 5. The number of rotatable bonds is 6. The maximum atomic E-state index is 5.30. The maximum absolute atomic E-state index is 5.30. The fourth-order valence-electron chi connectivity index (χ4n) is 8.61. The van der Waals surface area contributed by atoms with Crippen LogP contribution in [0, 0.1) is 0 Å². The van der Waals surface area contributed by atoms with E-state index in [9.17, 15) is 0 Å². The SMILES string of the molecule is c1ccc(-c2nc(-c3ccc(-n4c5ccccc5c5ccccc54)cc3)nc(-c3cccc(-c4cccc(-c5nc6ccccc6c6sc7ccccc7c56)c4)c3)n2)cc1. The highest BCUT2D eigenvalue weighted by Gasteiger charge is 2.18. The van der Waals surface area contributed by atoms with Crippen LogP contribution in [0.3, 0.4) is 0 Å². The van der Waals surface area contributed by atoms with Gasteiger partial charge in [0.15, 0.2) is 17.5 Å². The van der Waals surface area contributed by atoms with Crippen molar-refractivity contribution in [3.8, 4) is 62.2 Å². The Balaban J connectivity index is 0.956. The Bertz CT molecular complexity index is 3550. The second kappa shape index (κ2) is 13.9. The van der Waals surface area contributed by atoms with Crippen molar-refractivity contribution in [2.45, 2.75) is 0 Å². The molecule has 280 valence electrons. The quantitative estimate of drug-likeness (QED) is 0.169. The molecule has 0 aliphatic rings. The van der Waals surface area contributed by atoms with Crippen LogP contribution in [-0.4, -0.2) is 24.5 Å². The minimum absolute atomic E-state index is 0.617. The van der Waals surface area contributed by atoms with Crippen LogP contribution in [0.15, 0.2) is 200 Å². The molecule has 0 bridgehead atoms. The summed E-state index contributed by atoms with van der Waals surface area (Å²) in [5, 5.41) is 6.10. The van der Waals surface area contributed by atoms with Crippen molar-refractivity contribution >= 4 is 64.2 Å². The summed E-state index contributed by atoms with van der Waals surface area (Å²) in [5.74, 6) is 1.87. The highest BCUT2D eigenvalue weighted by atomic mass is 32.1. The molecule has 0 unspecified atom stereocenters. The zero-order valence-electron chi connectivity index (χ0n) is 32.2. The van der Waals surface area contributed by atoms with E-state index in [0.717, 1.165) is 50.3 Å². The number of pyridine rings is 1. The van der Waals surface area contributed by atoms with Gasteiger partial charge in [-0.15, -0.1) is 11.3 Å². The van der Waals surface area contributed by atoms with Gasteiger partial charge in [-0.1, -0.05) is 140 Å². The van der Waals surface area contributed by atoms with Gasteiger partial charge in [-0.05, 0) is 71.8 Å². The van der Waals surface area contributed by atoms with Gasteiger partial charge in [-0.25, -0.2) is 19.9 Å². The molecule has 0 saturated heterocycles. The van der Waals surface area contributed by atoms with E-state index in [4.69, 9.17) is 19.9 Å². The molecule has 5 nitrogen and oxygen atoms in total. The predicted octanol–water partition coefficient (Wildman–Crippen LogP) is 14.2. The Kier molecular flexibility index (Phi) is 7.96. The summed E-state index contributed by atoms with van der Waals surface area (Å²) >= 11 is 1.84. The first-order valence-electron chi connectivity index (χ1n) is 20.1. The summed E-state index contributed by atoms with van der Waals surface area (Å²) in [5.41, 5.74) is 11.4. The Morgan fingerprint density at radius 2 is 0.850 bits per heavy atom. The number of aromatic nitrogens is 5. The van der Waals surface area contributed by atoms with Crippen LogP contribution < -0.4 is 0 Å². The molecule has 0 radical (unpaired) electrons. The smallest absolute Gasteiger partial charge is 0.164 e. The van der Waals surface area contributed by atoms with Crippen molar-refractivity contribution in [1.29, 1.82) is 0 Å². The van der Waals surface area contributed by atoms with E-state index in [1.54, 1.807) is 0 Å². The zero-order chi connectivity index (χ0) is 39.6. The van der Waals surface area contributed by atoms with Crippen LogP contribution >= 0.6 is 11.3 Å². The molecule has 12 aromatic rings. The molecule has 12 rings (SSSR count). The summed E-state index contributed by atoms with van der Waals surface area (Å²) < 4.78 is 4.86. The van der Waals surface area contributed by atoms with Crippen LogP contribution in [0.4, 0.5) is 0 Å². The maximum Gasteiger partial charge on any atom is 0.164 e. The summed E-state index contributed by atoms with van der Waals surface area (Å²) in [4.78, 5) is 20.6. The molecule has 60 heavy (non-hydrogen) atoms. The number of thiophene rings is 1. The highest BCUT2D eigenvalue weighted by molar-refractivity contribution is 7.26. The minimum Gasteiger partial charge on any atom is -0.309 e.